The first-order valence-corrected chi connectivity index (χ1v) is 4.96. The summed E-state index contributed by atoms with van der Waals surface area (Å²) in [7, 11) is 0. The van der Waals surface area contributed by atoms with Crippen molar-refractivity contribution in [3.05, 3.63) is 0 Å². The number of ether oxygens (including phenoxy) is 1. The number of aliphatic imine (C=N–C) groups is 2. The highest BCUT2D eigenvalue weighted by atomic mass is 16.5. The number of esters is 1. The Bertz CT molecular complexity index is 294. The van der Waals surface area contributed by atoms with Crippen LogP contribution in [0, 0.1) is 0 Å². The van der Waals surface area contributed by atoms with Crippen LogP contribution in [0.2, 0.25) is 0 Å². The van der Waals surface area contributed by atoms with E-state index in [0.717, 1.165) is 0 Å². The first-order valence-electron chi connectivity index (χ1n) is 4.96. The number of guanidine groups is 2. The second-order valence-electron chi connectivity index (χ2n) is 3.23. The number of carbonyl (C=O) groups is 1. The molecule has 0 aliphatic rings. The molecule has 0 amide bonds. The lowest BCUT2D eigenvalue weighted by Gasteiger charge is -2.09. The van der Waals surface area contributed by atoms with E-state index < -0.39 is 12.0 Å². The van der Waals surface area contributed by atoms with Crippen LogP contribution in [0.3, 0.4) is 0 Å². The van der Waals surface area contributed by atoms with Gasteiger partial charge in [-0.15, -0.1) is 0 Å². The molecule has 0 aromatic carbocycles. The molecule has 0 saturated heterocycles. The summed E-state index contributed by atoms with van der Waals surface area (Å²) in [5.74, 6) is -0.715. The molecule has 1 atom stereocenters. The molecule has 0 fully saturated rings. The third-order valence-electron chi connectivity index (χ3n) is 1.72. The van der Waals surface area contributed by atoms with Gasteiger partial charge < -0.3 is 33.4 Å². The molecule has 98 valence electrons. The van der Waals surface area contributed by atoms with Crippen LogP contribution in [0.5, 0.6) is 0 Å². The molecule has 9 nitrogen and oxygen atoms in total. The summed E-state index contributed by atoms with van der Waals surface area (Å²) in [5.41, 5.74) is 25.9. The van der Waals surface area contributed by atoms with Crippen LogP contribution < -0.4 is 28.7 Å². The SMILES string of the molecule is NC(N)=NCCC[C@H](N)C(=O)OCN=C(N)N. The molecule has 0 aromatic heterocycles. The van der Waals surface area contributed by atoms with Gasteiger partial charge >= 0.3 is 5.97 Å². The lowest BCUT2D eigenvalue weighted by Crippen LogP contribution is -2.33. The zero-order valence-electron chi connectivity index (χ0n) is 9.50. The maximum atomic E-state index is 11.3. The van der Waals surface area contributed by atoms with E-state index in [2.05, 4.69) is 9.98 Å². The first kappa shape index (κ1) is 15.0. The van der Waals surface area contributed by atoms with Gasteiger partial charge in [0.05, 0.1) is 0 Å². The fourth-order valence-electron chi connectivity index (χ4n) is 0.915. The molecule has 0 unspecified atom stereocenters. The number of carbonyl (C=O) groups excluding carboxylic acids is 1. The van der Waals surface area contributed by atoms with Crippen molar-refractivity contribution in [1.29, 1.82) is 0 Å². The molecule has 0 saturated carbocycles. The Morgan fingerprint density at radius 3 is 2.24 bits per heavy atom. The summed E-state index contributed by atoms with van der Waals surface area (Å²) in [4.78, 5) is 18.5. The highest BCUT2D eigenvalue weighted by Gasteiger charge is 2.13. The van der Waals surface area contributed by atoms with E-state index >= 15 is 0 Å². The predicted molar refractivity (Wildman–Crippen MR) is 64.7 cm³/mol. The molecular weight excluding hydrogens is 226 g/mol. The lowest BCUT2D eigenvalue weighted by atomic mass is 10.2. The molecule has 17 heavy (non-hydrogen) atoms. The van der Waals surface area contributed by atoms with Crippen molar-refractivity contribution in [3.63, 3.8) is 0 Å². The van der Waals surface area contributed by atoms with E-state index in [-0.39, 0.29) is 18.6 Å². The zero-order valence-corrected chi connectivity index (χ0v) is 9.50. The van der Waals surface area contributed by atoms with E-state index in [9.17, 15) is 4.79 Å². The van der Waals surface area contributed by atoms with Gasteiger partial charge in [-0.1, -0.05) is 0 Å². The standard InChI is InChI=1S/C8H19N7O2/c9-5(2-1-3-14-7(10)11)6(16)17-4-15-8(12)13/h5H,1-4,9H2,(H4,10,11,14)(H4,12,13,15)/t5-/m0/s1. The minimum absolute atomic E-state index is 0.00825. The maximum absolute atomic E-state index is 11.3. The minimum atomic E-state index is -0.738. The molecule has 0 aliphatic carbocycles. The quantitative estimate of drug-likeness (QED) is 0.138. The van der Waals surface area contributed by atoms with Crippen molar-refractivity contribution in [2.24, 2.45) is 38.7 Å². The van der Waals surface area contributed by atoms with Gasteiger partial charge in [0.2, 0.25) is 0 Å². The molecule has 0 aromatic rings. The van der Waals surface area contributed by atoms with Gasteiger partial charge in [-0.25, -0.2) is 4.99 Å². The van der Waals surface area contributed by atoms with Crippen LogP contribution >= 0.6 is 0 Å². The highest BCUT2D eigenvalue weighted by molar-refractivity contribution is 5.77. The van der Waals surface area contributed by atoms with Crippen LogP contribution in [-0.2, 0) is 9.53 Å². The van der Waals surface area contributed by atoms with Crippen molar-refractivity contribution in [1.82, 2.24) is 0 Å². The zero-order chi connectivity index (χ0) is 13.3. The Balaban J connectivity index is 3.75. The van der Waals surface area contributed by atoms with Gasteiger partial charge in [0.25, 0.3) is 0 Å². The summed E-state index contributed by atoms with van der Waals surface area (Å²) in [6, 6.07) is -0.738. The Labute approximate surface area is 99.1 Å². The summed E-state index contributed by atoms with van der Waals surface area (Å²) >= 11 is 0. The molecule has 9 heteroatoms. The van der Waals surface area contributed by atoms with Crippen molar-refractivity contribution in [2.45, 2.75) is 18.9 Å². The van der Waals surface area contributed by atoms with E-state index in [1.807, 2.05) is 0 Å². The van der Waals surface area contributed by atoms with Crippen LogP contribution in [0.1, 0.15) is 12.8 Å². The average Bonchev–Trinajstić information content (AvgIpc) is 2.23. The van der Waals surface area contributed by atoms with Crippen LogP contribution in [0.15, 0.2) is 9.98 Å². The van der Waals surface area contributed by atoms with E-state index in [1.165, 1.54) is 0 Å². The van der Waals surface area contributed by atoms with Gasteiger partial charge in [-0.3, -0.25) is 9.79 Å². The molecular formula is C8H19N7O2. The van der Waals surface area contributed by atoms with Crippen LogP contribution in [-0.4, -0.2) is 37.2 Å². The Morgan fingerprint density at radius 1 is 1.12 bits per heavy atom. The summed E-state index contributed by atoms with van der Waals surface area (Å²) in [5, 5.41) is 0. The molecule has 0 bridgehead atoms. The second kappa shape index (κ2) is 8.16. The largest absolute Gasteiger partial charge is 0.441 e. The smallest absolute Gasteiger partial charge is 0.324 e. The summed E-state index contributed by atoms with van der Waals surface area (Å²) in [6.07, 6.45) is 0.994. The fourth-order valence-corrected chi connectivity index (χ4v) is 0.915. The summed E-state index contributed by atoms with van der Waals surface area (Å²) in [6.45, 7) is 0.181. The van der Waals surface area contributed by atoms with Crippen molar-refractivity contribution in [3.8, 4) is 0 Å². The van der Waals surface area contributed by atoms with Crippen LogP contribution in [0.25, 0.3) is 0 Å². The molecule has 0 heterocycles. The minimum Gasteiger partial charge on any atom is -0.441 e. The van der Waals surface area contributed by atoms with Gasteiger partial charge in [-0.2, -0.15) is 0 Å². The normalized spacial score (nSPS) is 11.4. The summed E-state index contributed by atoms with van der Waals surface area (Å²) < 4.78 is 4.70. The van der Waals surface area contributed by atoms with Gasteiger partial charge in [0.15, 0.2) is 18.6 Å². The molecule has 0 rings (SSSR count). The molecule has 0 spiro atoms. The Kier molecular flexibility index (Phi) is 7.19. The topological polar surface area (TPSA) is 181 Å². The van der Waals surface area contributed by atoms with E-state index in [0.29, 0.717) is 19.4 Å². The molecule has 10 N–H and O–H groups in total. The van der Waals surface area contributed by atoms with E-state index in [1.54, 1.807) is 0 Å². The van der Waals surface area contributed by atoms with Gasteiger partial charge in [0.1, 0.15) is 6.04 Å². The molecule has 0 radical (unpaired) electrons. The predicted octanol–water partition coefficient (Wildman–Crippen LogP) is -2.86. The number of nitrogens with zero attached hydrogens (tertiary/aromatic N) is 2. The van der Waals surface area contributed by atoms with E-state index in [4.69, 9.17) is 33.4 Å². The first-order chi connectivity index (χ1) is 7.93. The van der Waals surface area contributed by atoms with Crippen molar-refractivity contribution in [2.75, 3.05) is 13.3 Å². The van der Waals surface area contributed by atoms with Gasteiger partial charge in [0, 0.05) is 6.54 Å². The Morgan fingerprint density at radius 2 is 1.71 bits per heavy atom. The molecule has 0 aliphatic heterocycles. The number of rotatable bonds is 7. The van der Waals surface area contributed by atoms with Crippen molar-refractivity contribution >= 4 is 17.9 Å². The lowest BCUT2D eigenvalue weighted by molar-refractivity contribution is -0.145. The number of hydrogen-bond acceptors (Lipinski definition) is 5. The number of hydrogen-bond donors (Lipinski definition) is 5. The van der Waals surface area contributed by atoms with Gasteiger partial charge in [-0.05, 0) is 12.8 Å². The average molecular weight is 245 g/mol. The third-order valence-corrected chi connectivity index (χ3v) is 1.72. The fraction of sp³-hybridized carbons (Fsp3) is 0.625. The third kappa shape index (κ3) is 8.93. The Hall–Kier alpha value is -2.03. The van der Waals surface area contributed by atoms with Crippen LogP contribution in [0.4, 0.5) is 0 Å². The monoisotopic (exact) mass is 245 g/mol. The highest BCUT2D eigenvalue weighted by Crippen LogP contribution is 1.97. The van der Waals surface area contributed by atoms with Crippen molar-refractivity contribution < 1.29 is 9.53 Å². The second-order valence-corrected chi connectivity index (χ2v) is 3.23. The maximum Gasteiger partial charge on any atom is 0.324 e. The number of nitrogens with two attached hydrogens (primary N) is 5.